The molecule has 0 unspecified atom stereocenters. The second-order valence-corrected chi connectivity index (χ2v) is 3.87. The second kappa shape index (κ2) is 4.97. The van der Waals surface area contributed by atoms with Gasteiger partial charge in [0.15, 0.2) is 17.4 Å². The number of rotatable bonds is 3. The molecule has 2 aromatic carbocycles. The maximum Gasteiger partial charge on any atom is 0.249 e. The average molecular weight is 261 g/mol. The predicted octanol–water partition coefficient (Wildman–Crippen LogP) is 2.29. The van der Waals surface area contributed by atoms with Crippen LogP contribution in [0.3, 0.4) is 0 Å². The zero-order valence-electron chi connectivity index (χ0n) is 9.69. The Balaban J connectivity index is 2.59. The van der Waals surface area contributed by atoms with Gasteiger partial charge < -0.3 is 5.73 Å². The molecule has 0 fully saturated rings. The average Bonchev–Trinajstić information content (AvgIpc) is 2.41. The third kappa shape index (κ3) is 2.49. The summed E-state index contributed by atoms with van der Waals surface area (Å²) in [6.07, 6.45) is 0. The molecule has 0 heterocycles. The summed E-state index contributed by atoms with van der Waals surface area (Å²) in [4.78, 5) is 23.3. The SMILES string of the molecule is NC(=O)c1cc(F)c(F)cc1C(=O)c1ccccc1. The molecule has 0 bridgehead atoms. The van der Waals surface area contributed by atoms with Gasteiger partial charge in [0.1, 0.15) is 0 Å². The van der Waals surface area contributed by atoms with Crippen LogP contribution in [0.4, 0.5) is 8.78 Å². The Kier molecular flexibility index (Phi) is 3.37. The summed E-state index contributed by atoms with van der Waals surface area (Å²) < 4.78 is 26.3. The van der Waals surface area contributed by atoms with Crippen molar-refractivity contribution in [1.82, 2.24) is 0 Å². The van der Waals surface area contributed by atoms with Crippen LogP contribution in [0.15, 0.2) is 42.5 Å². The first-order chi connectivity index (χ1) is 9.00. The fourth-order valence-corrected chi connectivity index (χ4v) is 1.68. The van der Waals surface area contributed by atoms with Gasteiger partial charge in [-0.1, -0.05) is 30.3 Å². The Hall–Kier alpha value is -2.56. The van der Waals surface area contributed by atoms with Crippen LogP contribution < -0.4 is 5.73 Å². The zero-order valence-corrected chi connectivity index (χ0v) is 9.69. The summed E-state index contributed by atoms with van der Waals surface area (Å²) in [5.74, 6) is -4.01. The molecular formula is C14H9F2NO2. The topological polar surface area (TPSA) is 60.2 Å². The number of halogens is 2. The van der Waals surface area contributed by atoms with E-state index in [2.05, 4.69) is 0 Å². The Morgan fingerprint density at radius 3 is 1.95 bits per heavy atom. The molecular weight excluding hydrogens is 252 g/mol. The molecule has 0 aliphatic heterocycles. The van der Waals surface area contributed by atoms with Gasteiger partial charge >= 0.3 is 0 Å². The van der Waals surface area contributed by atoms with Crippen molar-refractivity contribution in [3.05, 3.63) is 70.8 Å². The number of carbonyl (C=O) groups excluding carboxylic acids is 2. The van der Waals surface area contributed by atoms with E-state index in [-0.39, 0.29) is 16.7 Å². The van der Waals surface area contributed by atoms with E-state index in [1.807, 2.05) is 0 Å². The lowest BCUT2D eigenvalue weighted by Crippen LogP contribution is -2.18. The number of ketones is 1. The molecule has 96 valence electrons. The van der Waals surface area contributed by atoms with Crippen molar-refractivity contribution >= 4 is 11.7 Å². The minimum atomic E-state index is -1.22. The highest BCUT2D eigenvalue weighted by Crippen LogP contribution is 2.18. The molecule has 0 spiro atoms. The highest BCUT2D eigenvalue weighted by molar-refractivity contribution is 6.15. The maximum absolute atomic E-state index is 13.2. The van der Waals surface area contributed by atoms with E-state index in [1.54, 1.807) is 18.2 Å². The van der Waals surface area contributed by atoms with Gasteiger partial charge in [0.2, 0.25) is 5.91 Å². The van der Waals surface area contributed by atoms with Gasteiger partial charge in [0.05, 0.1) is 5.56 Å². The first-order valence-corrected chi connectivity index (χ1v) is 5.39. The van der Waals surface area contributed by atoms with Crippen LogP contribution in [0.2, 0.25) is 0 Å². The van der Waals surface area contributed by atoms with E-state index in [4.69, 9.17) is 5.73 Å². The van der Waals surface area contributed by atoms with Crippen LogP contribution in [0, 0.1) is 11.6 Å². The molecule has 1 amide bonds. The second-order valence-electron chi connectivity index (χ2n) is 3.87. The Morgan fingerprint density at radius 1 is 0.895 bits per heavy atom. The number of carbonyl (C=O) groups is 2. The monoisotopic (exact) mass is 261 g/mol. The molecule has 0 radical (unpaired) electrons. The van der Waals surface area contributed by atoms with Crippen molar-refractivity contribution in [2.24, 2.45) is 5.73 Å². The van der Waals surface area contributed by atoms with E-state index in [1.165, 1.54) is 12.1 Å². The number of primary amides is 1. The van der Waals surface area contributed by atoms with Crippen LogP contribution in [-0.4, -0.2) is 11.7 Å². The van der Waals surface area contributed by atoms with Gasteiger partial charge in [-0.2, -0.15) is 0 Å². The van der Waals surface area contributed by atoms with Crippen molar-refractivity contribution in [1.29, 1.82) is 0 Å². The van der Waals surface area contributed by atoms with E-state index in [0.29, 0.717) is 12.1 Å². The van der Waals surface area contributed by atoms with Crippen molar-refractivity contribution in [2.45, 2.75) is 0 Å². The lowest BCUT2D eigenvalue weighted by molar-refractivity contribution is 0.0980. The number of hydrogen-bond acceptors (Lipinski definition) is 2. The van der Waals surface area contributed by atoms with Crippen LogP contribution in [0.1, 0.15) is 26.3 Å². The van der Waals surface area contributed by atoms with Gasteiger partial charge in [-0.3, -0.25) is 9.59 Å². The Morgan fingerprint density at radius 2 is 1.42 bits per heavy atom. The minimum absolute atomic E-state index is 0.252. The molecule has 0 aliphatic rings. The molecule has 0 atom stereocenters. The summed E-state index contributed by atoms with van der Waals surface area (Å²) in [6.45, 7) is 0. The molecule has 0 aromatic heterocycles. The predicted molar refractivity (Wildman–Crippen MR) is 64.8 cm³/mol. The summed E-state index contributed by atoms with van der Waals surface area (Å²) in [6, 6.07) is 9.28. The van der Waals surface area contributed by atoms with Gasteiger partial charge in [-0.05, 0) is 12.1 Å². The van der Waals surface area contributed by atoms with Gasteiger partial charge in [-0.25, -0.2) is 8.78 Å². The lowest BCUT2D eigenvalue weighted by Gasteiger charge is -2.07. The molecule has 5 heteroatoms. The summed E-state index contributed by atoms with van der Waals surface area (Å²) in [5.41, 5.74) is 4.74. The van der Waals surface area contributed by atoms with Crippen LogP contribution in [0.25, 0.3) is 0 Å². The molecule has 3 nitrogen and oxygen atoms in total. The number of amides is 1. The van der Waals surface area contributed by atoms with E-state index >= 15 is 0 Å². The number of nitrogens with two attached hydrogens (primary N) is 1. The van der Waals surface area contributed by atoms with Crippen LogP contribution in [-0.2, 0) is 0 Å². The van der Waals surface area contributed by atoms with Crippen LogP contribution in [0.5, 0.6) is 0 Å². The van der Waals surface area contributed by atoms with Gasteiger partial charge in [0.25, 0.3) is 0 Å². The largest absolute Gasteiger partial charge is 0.366 e. The summed E-state index contributed by atoms with van der Waals surface area (Å²) >= 11 is 0. The normalized spacial score (nSPS) is 10.2. The highest BCUT2D eigenvalue weighted by atomic mass is 19.2. The molecule has 0 saturated heterocycles. The number of benzene rings is 2. The van der Waals surface area contributed by atoms with Gasteiger partial charge in [0, 0.05) is 11.1 Å². The fraction of sp³-hybridized carbons (Fsp3) is 0. The van der Waals surface area contributed by atoms with E-state index in [9.17, 15) is 18.4 Å². The molecule has 2 rings (SSSR count). The fourth-order valence-electron chi connectivity index (χ4n) is 1.68. The van der Waals surface area contributed by atoms with Crippen molar-refractivity contribution < 1.29 is 18.4 Å². The third-order valence-corrected chi connectivity index (χ3v) is 2.61. The first kappa shape index (κ1) is 12.9. The Bertz CT molecular complexity index is 654. The molecule has 2 aromatic rings. The van der Waals surface area contributed by atoms with Crippen molar-refractivity contribution in [3.8, 4) is 0 Å². The summed E-state index contributed by atoms with van der Waals surface area (Å²) in [7, 11) is 0. The molecule has 19 heavy (non-hydrogen) atoms. The van der Waals surface area contributed by atoms with Crippen molar-refractivity contribution in [3.63, 3.8) is 0 Å². The third-order valence-electron chi connectivity index (χ3n) is 2.61. The smallest absolute Gasteiger partial charge is 0.249 e. The quantitative estimate of drug-likeness (QED) is 0.862. The molecule has 2 N–H and O–H groups in total. The maximum atomic E-state index is 13.2. The lowest BCUT2D eigenvalue weighted by atomic mass is 9.97. The first-order valence-electron chi connectivity index (χ1n) is 5.39. The minimum Gasteiger partial charge on any atom is -0.366 e. The molecule has 0 saturated carbocycles. The highest BCUT2D eigenvalue weighted by Gasteiger charge is 2.20. The zero-order chi connectivity index (χ0) is 14.0. The van der Waals surface area contributed by atoms with Gasteiger partial charge in [-0.15, -0.1) is 0 Å². The Labute approximate surface area is 107 Å². The number of hydrogen-bond donors (Lipinski definition) is 1. The van der Waals surface area contributed by atoms with E-state index < -0.39 is 23.3 Å². The standard InChI is InChI=1S/C14H9F2NO2/c15-11-6-9(10(14(17)19)7-12(11)16)13(18)8-4-2-1-3-5-8/h1-7H,(H2,17,19). The van der Waals surface area contributed by atoms with Crippen molar-refractivity contribution in [2.75, 3.05) is 0 Å². The van der Waals surface area contributed by atoms with E-state index in [0.717, 1.165) is 0 Å². The summed E-state index contributed by atoms with van der Waals surface area (Å²) in [5, 5.41) is 0. The molecule has 0 aliphatic carbocycles. The van der Waals surface area contributed by atoms with Crippen LogP contribution >= 0.6 is 0 Å².